The van der Waals surface area contributed by atoms with Crippen LogP contribution in [-0.2, 0) is 0 Å². The van der Waals surface area contributed by atoms with Gasteiger partial charge in [0, 0.05) is 0 Å². The molecule has 1 rings (SSSR count). The summed E-state index contributed by atoms with van der Waals surface area (Å²) >= 11 is 0. The number of rotatable bonds is 5. The van der Waals surface area contributed by atoms with E-state index in [-0.39, 0.29) is 0 Å². The second-order valence-corrected chi connectivity index (χ2v) is 3.48. The SMILES string of the molecule is CCCC(C)COc1cnc(N)cn1. The maximum absolute atomic E-state index is 5.45. The summed E-state index contributed by atoms with van der Waals surface area (Å²) in [4.78, 5) is 7.89. The molecule has 0 spiro atoms. The molecule has 1 atom stereocenters. The first-order valence-corrected chi connectivity index (χ1v) is 4.92. The van der Waals surface area contributed by atoms with E-state index in [1.807, 2.05) is 0 Å². The summed E-state index contributed by atoms with van der Waals surface area (Å²) in [5.74, 6) is 1.51. The molecule has 0 aliphatic heterocycles. The number of nitrogens with zero attached hydrogens (tertiary/aromatic N) is 2. The quantitative estimate of drug-likeness (QED) is 0.779. The summed E-state index contributed by atoms with van der Waals surface area (Å²) < 4.78 is 5.45. The molecule has 78 valence electrons. The van der Waals surface area contributed by atoms with Gasteiger partial charge in [0.25, 0.3) is 0 Å². The standard InChI is InChI=1S/C10H17N3O/c1-3-4-8(2)7-14-10-6-12-9(11)5-13-10/h5-6,8H,3-4,7H2,1-2H3,(H2,11,12). The van der Waals surface area contributed by atoms with Crippen LogP contribution in [0.3, 0.4) is 0 Å². The van der Waals surface area contributed by atoms with Crippen LogP contribution >= 0.6 is 0 Å². The van der Waals surface area contributed by atoms with E-state index in [4.69, 9.17) is 10.5 Å². The summed E-state index contributed by atoms with van der Waals surface area (Å²) in [6.45, 7) is 5.01. The Bertz CT molecular complexity index is 261. The summed E-state index contributed by atoms with van der Waals surface area (Å²) in [5, 5.41) is 0. The van der Waals surface area contributed by atoms with E-state index in [2.05, 4.69) is 23.8 Å². The molecular formula is C10H17N3O. The van der Waals surface area contributed by atoms with Crippen molar-refractivity contribution in [3.63, 3.8) is 0 Å². The number of anilines is 1. The van der Waals surface area contributed by atoms with Crippen LogP contribution < -0.4 is 10.5 Å². The molecule has 1 aromatic heterocycles. The Morgan fingerprint density at radius 3 is 2.79 bits per heavy atom. The first-order chi connectivity index (χ1) is 6.72. The molecule has 0 radical (unpaired) electrons. The highest BCUT2D eigenvalue weighted by molar-refractivity contribution is 5.24. The summed E-state index contributed by atoms with van der Waals surface area (Å²) in [6.07, 6.45) is 5.40. The van der Waals surface area contributed by atoms with Gasteiger partial charge in [-0.05, 0) is 12.3 Å². The van der Waals surface area contributed by atoms with Crippen molar-refractivity contribution in [2.75, 3.05) is 12.3 Å². The molecule has 1 unspecified atom stereocenters. The van der Waals surface area contributed by atoms with E-state index >= 15 is 0 Å². The van der Waals surface area contributed by atoms with Gasteiger partial charge in [0.1, 0.15) is 5.82 Å². The van der Waals surface area contributed by atoms with Gasteiger partial charge in [-0.3, -0.25) is 0 Å². The fraction of sp³-hybridized carbons (Fsp3) is 0.600. The van der Waals surface area contributed by atoms with Crippen molar-refractivity contribution < 1.29 is 4.74 Å². The predicted octanol–water partition coefficient (Wildman–Crippen LogP) is 1.87. The first-order valence-electron chi connectivity index (χ1n) is 4.92. The molecule has 0 amide bonds. The molecule has 1 aromatic rings. The van der Waals surface area contributed by atoms with Crippen LogP contribution in [0.5, 0.6) is 5.88 Å². The topological polar surface area (TPSA) is 61.0 Å². The van der Waals surface area contributed by atoms with E-state index in [1.165, 1.54) is 19.0 Å². The van der Waals surface area contributed by atoms with Crippen LogP contribution in [0.1, 0.15) is 26.7 Å². The second kappa shape index (κ2) is 5.42. The Morgan fingerprint density at radius 1 is 1.43 bits per heavy atom. The minimum atomic E-state index is 0.416. The van der Waals surface area contributed by atoms with Gasteiger partial charge in [-0.15, -0.1) is 0 Å². The Hall–Kier alpha value is -1.32. The molecule has 0 aliphatic rings. The number of nitrogens with two attached hydrogens (primary N) is 1. The van der Waals surface area contributed by atoms with Crippen LogP contribution in [0.4, 0.5) is 5.82 Å². The third-order valence-corrected chi connectivity index (χ3v) is 1.95. The smallest absolute Gasteiger partial charge is 0.232 e. The average Bonchev–Trinajstić information content (AvgIpc) is 2.17. The lowest BCUT2D eigenvalue weighted by molar-refractivity contribution is 0.242. The van der Waals surface area contributed by atoms with E-state index in [0.29, 0.717) is 24.2 Å². The Morgan fingerprint density at radius 2 is 2.21 bits per heavy atom. The molecule has 4 nitrogen and oxygen atoms in total. The van der Waals surface area contributed by atoms with E-state index in [0.717, 1.165) is 0 Å². The molecule has 1 heterocycles. The molecule has 0 saturated heterocycles. The van der Waals surface area contributed by atoms with Crippen LogP contribution in [0.25, 0.3) is 0 Å². The van der Waals surface area contributed by atoms with Crippen LogP contribution in [-0.4, -0.2) is 16.6 Å². The second-order valence-electron chi connectivity index (χ2n) is 3.48. The third-order valence-electron chi connectivity index (χ3n) is 1.95. The maximum Gasteiger partial charge on any atom is 0.232 e. The van der Waals surface area contributed by atoms with Crippen molar-refractivity contribution in [3.8, 4) is 5.88 Å². The van der Waals surface area contributed by atoms with Crippen molar-refractivity contribution >= 4 is 5.82 Å². The van der Waals surface area contributed by atoms with Gasteiger partial charge >= 0.3 is 0 Å². The number of aromatic nitrogens is 2. The zero-order chi connectivity index (χ0) is 10.4. The van der Waals surface area contributed by atoms with Gasteiger partial charge in [0.05, 0.1) is 19.0 Å². The molecule has 0 aliphatic carbocycles. The predicted molar refractivity (Wildman–Crippen MR) is 56.0 cm³/mol. The largest absolute Gasteiger partial charge is 0.476 e. The number of ether oxygens (including phenoxy) is 1. The Balaban J connectivity index is 2.34. The fourth-order valence-corrected chi connectivity index (χ4v) is 1.20. The van der Waals surface area contributed by atoms with Gasteiger partial charge in [0.2, 0.25) is 5.88 Å². The number of hydrogen-bond acceptors (Lipinski definition) is 4. The van der Waals surface area contributed by atoms with Gasteiger partial charge in [0.15, 0.2) is 0 Å². The van der Waals surface area contributed by atoms with Crippen LogP contribution in [0.15, 0.2) is 12.4 Å². The van der Waals surface area contributed by atoms with Crippen molar-refractivity contribution in [2.24, 2.45) is 5.92 Å². The van der Waals surface area contributed by atoms with Crippen molar-refractivity contribution in [3.05, 3.63) is 12.4 Å². The number of nitrogen functional groups attached to an aromatic ring is 1. The van der Waals surface area contributed by atoms with Gasteiger partial charge < -0.3 is 10.5 Å². The van der Waals surface area contributed by atoms with Crippen LogP contribution in [0, 0.1) is 5.92 Å². The lowest BCUT2D eigenvalue weighted by Gasteiger charge is -2.10. The summed E-state index contributed by atoms with van der Waals surface area (Å²) in [6, 6.07) is 0. The van der Waals surface area contributed by atoms with Crippen molar-refractivity contribution in [1.82, 2.24) is 9.97 Å². The van der Waals surface area contributed by atoms with E-state index in [9.17, 15) is 0 Å². The monoisotopic (exact) mass is 195 g/mol. The summed E-state index contributed by atoms with van der Waals surface area (Å²) in [5.41, 5.74) is 5.40. The first kappa shape index (κ1) is 10.8. The number of hydrogen-bond donors (Lipinski definition) is 1. The minimum absolute atomic E-state index is 0.416. The minimum Gasteiger partial charge on any atom is -0.476 e. The molecule has 0 bridgehead atoms. The highest BCUT2D eigenvalue weighted by Gasteiger charge is 2.02. The third kappa shape index (κ3) is 3.60. The lowest BCUT2D eigenvalue weighted by Crippen LogP contribution is -2.09. The highest BCUT2D eigenvalue weighted by Crippen LogP contribution is 2.09. The van der Waals surface area contributed by atoms with Crippen molar-refractivity contribution in [2.45, 2.75) is 26.7 Å². The Labute approximate surface area is 84.5 Å². The van der Waals surface area contributed by atoms with Crippen molar-refractivity contribution in [1.29, 1.82) is 0 Å². The zero-order valence-corrected chi connectivity index (χ0v) is 8.73. The molecule has 14 heavy (non-hydrogen) atoms. The molecule has 0 fully saturated rings. The summed E-state index contributed by atoms with van der Waals surface area (Å²) in [7, 11) is 0. The fourth-order valence-electron chi connectivity index (χ4n) is 1.20. The lowest BCUT2D eigenvalue weighted by atomic mass is 10.1. The van der Waals surface area contributed by atoms with Gasteiger partial charge in [-0.2, -0.15) is 0 Å². The average molecular weight is 195 g/mol. The Kier molecular flexibility index (Phi) is 4.16. The molecule has 4 heteroatoms. The molecule has 0 saturated carbocycles. The highest BCUT2D eigenvalue weighted by atomic mass is 16.5. The van der Waals surface area contributed by atoms with E-state index in [1.54, 1.807) is 6.20 Å². The maximum atomic E-state index is 5.45. The molecular weight excluding hydrogens is 178 g/mol. The van der Waals surface area contributed by atoms with Gasteiger partial charge in [-0.1, -0.05) is 20.3 Å². The normalized spacial score (nSPS) is 12.4. The zero-order valence-electron chi connectivity index (χ0n) is 8.73. The molecule has 2 N–H and O–H groups in total. The van der Waals surface area contributed by atoms with Gasteiger partial charge in [-0.25, -0.2) is 9.97 Å². The molecule has 0 aromatic carbocycles. The van der Waals surface area contributed by atoms with Crippen LogP contribution in [0.2, 0.25) is 0 Å². The van der Waals surface area contributed by atoms with E-state index < -0.39 is 0 Å².